The molecule has 4 aromatic carbocycles. The average Bonchev–Trinajstić information content (AvgIpc) is 3.39. The number of anilines is 1. The fraction of sp³-hybridized carbons (Fsp3) is 0.172. The third-order valence-corrected chi connectivity index (χ3v) is 6.75. The van der Waals surface area contributed by atoms with Crippen molar-refractivity contribution < 1.29 is 19.3 Å². The molecule has 0 saturated carbocycles. The van der Waals surface area contributed by atoms with Crippen molar-refractivity contribution in [1.29, 1.82) is 0 Å². The predicted octanol–water partition coefficient (Wildman–Crippen LogP) is 6.12. The van der Waals surface area contributed by atoms with Crippen LogP contribution in [0.1, 0.15) is 23.6 Å². The lowest BCUT2D eigenvalue weighted by atomic mass is 9.96. The molecule has 0 amide bonds. The number of nitrogens with zero attached hydrogens (tertiary/aromatic N) is 2. The van der Waals surface area contributed by atoms with Gasteiger partial charge in [-0.1, -0.05) is 42.5 Å². The van der Waals surface area contributed by atoms with Crippen molar-refractivity contribution in [2.75, 3.05) is 26.6 Å². The minimum atomic E-state index is -0.208. The number of phenols is 1. The molecular weight excluding hydrogens is 486 g/mol. The molecule has 37 heavy (non-hydrogen) atoms. The van der Waals surface area contributed by atoms with Crippen LogP contribution in [0, 0.1) is 0 Å². The van der Waals surface area contributed by atoms with Crippen LogP contribution in [0.3, 0.4) is 0 Å². The van der Waals surface area contributed by atoms with Crippen LogP contribution in [-0.2, 0) is 0 Å². The van der Waals surface area contributed by atoms with Crippen molar-refractivity contribution in [2.45, 2.75) is 12.5 Å². The lowest BCUT2D eigenvalue weighted by molar-refractivity contribution is 0.371. The van der Waals surface area contributed by atoms with E-state index in [4.69, 9.17) is 31.5 Å². The summed E-state index contributed by atoms with van der Waals surface area (Å²) in [4.78, 5) is 0. The Morgan fingerprint density at radius 3 is 2.49 bits per heavy atom. The highest BCUT2D eigenvalue weighted by Gasteiger charge is 2.33. The van der Waals surface area contributed by atoms with Crippen LogP contribution >= 0.6 is 12.2 Å². The molecule has 1 aliphatic heterocycles. The number of hydrogen-bond acceptors (Lipinski definition) is 6. The Kier molecular flexibility index (Phi) is 6.83. The summed E-state index contributed by atoms with van der Waals surface area (Å²) >= 11 is 5.84. The molecule has 1 unspecified atom stereocenters. The number of hydrazone groups is 1. The Balaban J connectivity index is 1.54. The Morgan fingerprint density at radius 1 is 0.919 bits per heavy atom. The molecule has 2 N–H and O–H groups in total. The van der Waals surface area contributed by atoms with Gasteiger partial charge in [0, 0.05) is 23.4 Å². The van der Waals surface area contributed by atoms with Gasteiger partial charge in [-0.15, -0.1) is 0 Å². The van der Waals surface area contributed by atoms with Crippen LogP contribution in [-0.4, -0.2) is 42.3 Å². The van der Waals surface area contributed by atoms with Crippen molar-refractivity contribution >= 4 is 39.5 Å². The van der Waals surface area contributed by atoms with Gasteiger partial charge in [0.25, 0.3) is 0 Å². The van der Waals surface area contributed by atoms with Gasteiger partial charge in [0.1, 0.15) is 23.0 Å². The van der Waals surface area contributed by atoms with Gasteiger partial charge >= 0.3 is 0 Å². The number of nitrogens with one attached hydrogen (secondary N) is 1. The smallest absolute Gasteiger partial charge is 0.194 e. The van der Waals surface area contributed by atoms with Crippen LogP contribution in [0.25, 0.3) is 10.8 Å². The first-order chi connectivity index (χ1) is 18.0. The molecule has 1 atom stereocenters. The van der Waals surface area contributed by atoms with E-state index in [0.29, 0.717) is 34.3 Å². The number of aromatic hydroxyl groups is 1. The van der Waals surface area contributed by atoms with Crippen molar-refractivity contribution in [3.63, 3.8) is 0 Å². The number of methoxy groups -OCH3 is 3. The molecule has 0 fully saturated rings. The summed E-state index contributed by atoms with van der Waals surface area (Å²) in [5, 5.41) is 23.2. The molecule has 5 rings (SSSR count). The van der Waals surface area contributed by atoms with Gasteiger partial charge in [0.2, 0.25) is 0 Å². The zero-order valence-corrected chi connectivity index (χ0v) is 21.6. The number of phenolic OH excluding ortho intramolecular Hbond substituents is 1. The van der Waals surface area contributed by atoms with Gasteiger partial charge in [-0.3, -0.25) is 0 Å². The summed E-state index contributed by atoms with van der Waals surface area (Å²) < 4.78 is 16.3. The van der Waals surface area contributed by atoms with Crippen LogP contribution in [0.15, 0.2) is 84.0 Å². The van der Waals surface area contributed by atoms with E-state index in [9.17, 15) is 5.11 Å². The first-order valence-electron chi connectivity index (χ1n) is 11.8. The normalized spacial score (nSPS) is 14.8. The SMILES string of the molecule is COc1cccc(C2CC(c3ccc4ccccc4c3O)=NN2C(=S)Nc2ccc(OC)cc2OC)c1. The second-order valence-corrected chi connectivity index (χ2v) is 8.95. The molecule has 0 spiro atoms. The highest BCUT2D eigenvalue weighted by atomic mass is 32.1. The van der Waals surface area contributed by atoms with E-state index < -0.39 is 0 Å². The summed E-state index contributed by atoms with van der Waals surface area (Å²) in [6.07, 6.45) is 0.542. The summed E-state index contributed by atoms with van der Waals surface area (Å²) in [5.41, 5.74) is 3.10. The first-order valence-corrected chi connectivity index (χ1v) is 12.2. The quantitative estimate of drug-likeness (QED) is 0.301. The zero-order valence-electron chi connectivity index (χ0n) is 20.8. The number of ether oxygens (including phenoxy) is 3. The predicted molar refractivity (Wildman–Crippen MR) is 150 cm³/mol. The molecule has 0 saturated heterocycles. The van der Waals surface area contributed by atoms with Gasteiger partial charge in [-0.2, -0.15) is 5.10 Å². The lowest BCUT2D eigenvalue weighted by Crippen LogP contribution is -2.31. The zero-order chi connectivity index (χ0) is 25.9. The van der Waals surface area contributed by atoms with Crippen LogP contribution in [0.5, 0.6) is 23.0 Å². The molecule has 8 heteroatoms. The van der Waals surface area contributed by atoms with Crippen molar-refractivity contribution in [3.05, 3.63) is 90.0 Å². The lowest BCUT2D eigenvalue weighted by Gasteiger charge is -2.25. The van der Waals surface area contributed by atoms with Crippen molar-refractivity contribution in [3.8, 4) is 23.0 Å². The van der Waals surface area contributed by atoms with E-state index in [2.05, 4.69) is 5.32 Å². The number of benzene rings is 4. The Hall–Kier alpha value is -4.30. The molecule has 7 nitrogen and oxygen atoms in total. The minimum absolute atomic E-state index is 0.207. The highest BCUT2D eigenvalue weighted by molar-refractivity contribution is 7.80. The first kappa shape index (κ1) is 24.4. The fourth-order valence-electron chi connectivity index (χ4n) is 4.53. The number of rotatable bonds is 6. The standard InChI is InChI=1S/C29H27N3O4S/c1-34-20-9-6-8-19(15-20)26-17-25(23-13-11-18-7-4-5-10-22(18)28(23)33)31-32(26)29(37)30-24-14-12-21(35-2)16-27(24)36-3/h4-16,26,33H,17H2,1-3H3,(H,30,37). The summed E-state index contributed by atoms with van der Waals surface area (Å²) in [7, 11) is 4.84. The second kappa shape index (κ2) is 10.4. The largest absolute Gasteiger partial charge is 0.507 e. The summed E-state index contributed by atoms with van der Waals surface area (Å²) in [6, 6.07) is 24.8. The maximum atomic E-state index is 11.1. The number of hydrogen-bond donors (Lipinski definition) is 2. The van der Waals surface area contributed by atoms with E-state index in [-0.39, 0.29) is 11.8 Å². The van der Waals surface area contributed by atoms with Crippen LogP contribution in [0.4, 0.5) is 5.69 Å². The number of thiocarbonyl (C=S) groups is 1. The maximum Gasteiger partial charge on any atom is 0.194 e. The molecule has 4 aromatic rings. The van der Waals surface area contributed by atoms with E-state index in [1.807, 2.05) is 72.8 Å². The Bertz CT molecular complexity index is 1500. The van der Waals surface area contributed by atoms with E-state index in [1.165, 1.54) is 0 Å². The third-order valence-electron chi connectivity index (χ3n) is 6.46. The third kappa shape index (κ3) is 4.75. The summed E-state index contributed by atoms with van der Waals surface area (Å²) in [5.74, 6) is 2.22. The maximum absolute atomic E-state index is 11.1. The molecule has 0 radical (unpaired) electrons. The van der Waals surface area contributed by atoms with E-state index in [0.717, 1.165) is 27.8 Å². The molecule has 188 valence electrons. The van der Waals surface area contributed by atoms with Crippen LogP contribution < -0.4 is 19.5 Å². The van der Waals surface area contributed by atoms with Crippen molar-refractivity contribution in [1.82, 2.24) is 5.01 Å². The van der Waals surface area contributed by atoms with Crippen LogP contribution in [0.2, 0.25) is 0 Å². The molecule has 0 aromatic heterocycles. The molecule has 1 heterocycles. The van der Waals surface area contributed by atoms with E-state index >= 15 is 0 Å². The molecular formula is C29H27N3O4S. The molecule has 1 aliphatic rings. The Morgan fingerprint density at radius 2 is 1.70 bits per heavy atom. The summed E-state index contributed by atoms with van der Waals surface area (Å²) in [6.45, 7) is 0. The van der Waals surface area contributed by atoms with Gasteiger partial charge in [0.15, 0.2) is 5.11 Å². The van der Waals surface area contributed by atoms with Gasteiger partial charge in [0.05, 0.1) is 38.8 Å². The second-order valence-electron chi connectivity index (χ2n) is 8.57. The minimum Gasteiger partial charge on any atom is -0.507 e. The Labute approximate surface area is 220 Å². The monoisotopic (exact) mass is 513 g/mol. The van der Waals surface area contributed by atoms with Gasteiger partial charge < -0.3 is 24.6 Å². The van der Waals surface area contributed by atoms with E-state index in [1.54, 1.807) is 32.4 Å². The number of fused-ring (bicyclic) bond motifs is 1. The molecule has 0 bridgehead atoms. The average molecular weight is 514 g/mol. The van der Waals surface area contributed by atoms with Gasteiger partial charge in [-0.05, 0) is 53.5 Å². The van der Waals surface area contributed by atoms with Gasteiger partial charge in [-0.25, -0.2) is 5.01 Å². The fourth-order valence-corrected chi connectivity index (χ4v) is 4.81. The topological polar surface area (TPSA) is 75.6 Å². The molecule has 0 aliphatic carbocycles. The van der Waals surface area contributed by atoms with Crippen molar-refractivity contribution in [2.24, 2.45) is 5.10 Å². The highest BCUT2D eigenvalue weighted by Crippen LogP contribution is 2.39.